The van der Waals surface area contributed by atoms with E-state index in [0.29, 0.717) is 30.7 Å². The lowest BCUT2D eigenvalue weighted by atomic mass is 9.91. The van der Waals surface area contributed by atoms with Gasteiger partial charge in [0.2, 0.25) is 5.91 Å². The number of carbonyl (C=O) groups is 1. The molecule has 1 amide bonds. The van der Waals surface area contributed by atoms with Crippen molar-refractivity contribution in [2.75, 3.05) is 26.2 Å². The van der Waals surface area contributed by atoms with E-state index < -0.39 is 0 Å². The van der Waals surface area contributed by atoms with E-state index >= 15 is 0 Å². The van der Waals surface area contributed by atoms with Gasteiger partial charge in [-0.15, -0.1) is 0 Å². The molecule has 1 rings (SSSR count). The van der Waals surface area contributed by atoms with E-state index in [1.165, 1.54) is 0 Å². The number of aliphatic hydroxyl groups is 1. The second kappa shape index (κ2) is 8.54. The van der Waals surface area contributed by atoms with Crippen LogP contribution < -0.4 is 5.73 Å². The summed E-state index contributed by atoms with van der Waals surface area (Å²) in [6.45, 7) is 6.86. The van der Waals surface area contributed by atoms with Crippen molar-refractivity contribution < 1.29 is 9.90 Å². The Kier molecular flexibility index (Phi) is 7.39. The van der Waals surface area contributed by atoms with Gasteiger partial charge in [-0.2, -0.15) is 0 Å². The summed E-state index contributed by atoms with van der Waals surface area (Å²) in [5, 5.41) is 9.01. The summed E-state index contributed by atoms with van der Waals surface area (Å²) in [6, 6.07) is 0. The largest absolute Gasteiger partial charge is 0.396 e. The Labute approximate surface area is 117 Å². The Morgan fingerprint density at radius 3 is 2.79 bits per heavy atom. The van der Waals surface area contributed by atoms with Gasteiger partial charge in [0.25, 0.3) is 0 Å². The highest BCUT2D eigenvalue weighted by molar-refractivity contribution is 5.76. The summed E-state index contributed by atoms with van der Waals surface area (Å²) in [4.78, 5) is 14.3. The average molecular weight is 270 g/mol. The third kappa shape index (κ3) is 5.91. The van der Waals surface area contributed by atoms with Gasteiger partial charge in [0, 0.05) is 26.1 Å². The van der Waals surface area contributed by atoms with Gasteiger partial charge < -0.3 is 15.7 Å². The molecule has 0 aromatic carbocycles. The molecule has 112 valence electrons. The molecular formula is C15H30N2O2. The number of carbonyl (C=O) groups excluding carboxylic acids is 1. The van der Waals surface area contributed by atoms with E-state index in [1.807, 2.05) is 4.90 Å². The van der Waals surface area contributed by atoms with E-state index in [0.717, 1.165) is 38.8 Å². The maximum atomic E-state index is 12.3. The standard InChI is InChI=1S/C15H30N2O2/c1-12(2)8-14(10-16)9-15(19)17-6-3-4-13(11-17)5-7-18/h12-14,18H,3-11,16H2,1-2H3/t13?,14-/m0/s1. The number of amides is 1. The van der Waals surface area contributed by atoms with Crippen LogP contribution in [0.3, 0.4) is 0 Å². The van der Waals surface area contributed by atoms with E-state index in [9.17, 15) is 4.79 Å². The maximum Gasteiger partial charge on any atom is 0.222 e. The van der Waals surface area contributed by atoms with Crippen LogP contribution in [-0.4, -0.2) is 42.2 Å². The lowest BCUT2D eigenvalue weighted by molar-refractivity contribution is -0.134. The van der Waals surface area contributed by atoms with Crippen LogP contribution >= 0.6 is 0 Å². The lowest BCUT2D eigenvalue weighted by Gasteiger charge is -2.33. The van der Waals surface area contributed by atoms with Gasteiger partial charge in [-0.25, -0.2) is 0 Å². The lowest BCUT2D eigenvalue weighted by Crippen LogP contribution is -2.41. The van der Waals surface area contributed by atoms with E-state index in [2.05, 4.69) is 13.8 Å². The monoisotopic (exact) mass is 270 g/mol. The molecule has 1 unspecified atom stereocenters. The summed E-state index contributed by atoms with van der Waals surface area (Å²) < 4.78 is 0. The quantitative estimate of drug-likeness (QED) is 0.739. The zero-order valence-electron chi connectivity index (χ0n) is 12.5. The molecule has 19 heavy (non-hydrogen) atoms. The first-order chi connectivity index (χ1) is 9.06. The first kappa shape index (κ1) is 16.4. The molecule has 1 saturated heterocycles. The molecule has 2 atom stereocenters. The zero-order valence-corrected chi connectivity index (χ0v) is 12.5. The number of hydrogen-bond donors (Lipinski definition) is 2. The highest BCUT2D eigenvalue weighted by atomic mass is 16.3. The van der Waals surface area contributed by atoms with E-state index in [-0.39, 0.29) is 12.5 Å². The van der Waals surface area contributed by atoms with Crippen LogP contribution in [-0.2, 0) is 4.79 Å². The molecular weight excluding hydrogens is 240 g/mol. The Hall–Kier alpha value is -0.610. The topological polar surface area (TPSA) is 66.6 Å². The fourth-order valence-corrected chi connectivity index (χ4v) is 3.02. The molecule has 0 aromatic rings. The fraction of sp³-hybridized carbons (Fsp3) is 0.933. The SMILES string of the molecule is CC(C)C[C@H](CN)CC(=O)N1CCCC(CCO)C1. The van der Waals surface area contributed by atoms with E-state index in [1.54, 1.807) is 0 Å². The van der Waals surface area contributed by atoms with Crippen molar-refractivity contribution >= 4 is 5.91 Å². The van der Waals surface area contributed by atoms with Crippen LogP contribution in [0.4, 0.5) is 0 Å². The third-order valence-electron chi connectivity index (χ3n) is 4.01. The first-order valence-electron chi connectivity index (χ1n) is 7.65. The Morgan fingerprint density at radius 2 is 2.21 bits per heavy atom. The van der Waals surface area contributed by atoms with Gasteiger partial charge in [0.05, 0.1) is 0 Å². The molecule has 3 N–H and O–H groups in total. The summed E-state index contributed by atoms with van der Waals surface area (Å²) in [5.41, 5.74) is 5.77. The van der Waals surface area contributed by atoms with Crippen molar-refractivity contribution in [3.63, 3.8) is 0 Å². The van der Waals surface area contributed by atoms with Crippen molar-refractivity contribution in [1.82, 2.24) is 4.90 Å². The number of rotatable bonds is 7. The molecule has 0 bridgehead atoms. The number of piperidine rings is 1. The Morgan fingerprint density at radius 1 is 1.47 bits per heavy atom. The molecule has 1 heterocycles. The molecule has 1 fully saturated rings. The zero-order chi connectivity index (χ0) is 14.3. The smallest absolute Gasteiger partial charge is 0.222 e. The van der Waals surface area contributed by atoms with Gasteiger partial charge in [-0.05, 0) is 50.0 Å². The number of likely N-dealkylation sites (tertiary alicyclic amines) is 1. The molecule has 0 saturated carbocycles. The van der Waals surface area contributed by atoms with Crippen molar-refractivity contribution in [3.05, 3.63) is 0 Å². The second-order valence-corrected chi connectivity index (χ2v) is 6.30. The van der Waals surface area contributed by atoms with Gasteiger partial charge >= 0.3 is 0 Å². The van der Waals surface area contributed by atoms with Crippen molar-refractivity contribution in [3.8, 4) is 0 Å². The molecule has 0 aliphatic carbocycles. The molecule has 1 aliphatic rings. The Bertz CT molecular complexity index is 267. The number of nitrogens with two attached hydrogens (primary N) is 1. The van der Waals surface area contributed by atoms with Crippen molar-refractivity contribution in [2.45, 2.75) is 46.0 Å². The molecule has 4 heteroatoms. The summed E-state index contributed by atoms with van der Waals surface area (Å²) in [7, 11) is 0. The summed E-state index contributed by atoms with van der Waals surface area (Å²) in [6.07, 6.45) is 4.62. The molecule has 0 aromatic heterocycles. The summed E-state index contributed by atoms with van der Waals surface area (Å²) in [5.74, 6) is 1.62. The molecule has 4 nitrogen and oxygen atoms in total. The highest BCUT2D eigenvalue weighted by Gasteiger charge is 2.25. The predicted molar refractivity (Wildman–Crippen MR) is 77.6 cm³/mol. The first-order valence-corrected chi connectivity index (χ1v) is 7.65. The van der Waals surface area contributed by atoms with Crippen LogP contribution in [0, 0.1) is 17.8 Å². The second-order valence-electron chi connectivity index (χ2n) is 6.30. The van der Waals surface area contributed by atoms with Crippen molar-refractivity contribution in [2.24, 2.45) is 23.5 Å². The van der Waals surface area contributed by atoms with E-state index in [4.69, 9.17) is 10.8 Å². The normalized spacial score (nSPS) is 21.7. The van der Waals surface area contributed by atoms with Crippen LogP contribution in [0.2, 0.25) is 0 Å². The fourth-order valence-electron chi connectivity index (χ4n) is 3.02. The minimum absolute atomic E-state index is 0.228. The average Bonchev–Trinajstić information content (AvgIpc) is 2.38. The summed E-state index contributed by atoms with van der Waals surface area (Å²) >= 11 is 0. The number of nitrogens with zero attached hydrogens (tertiary/aromatic N) is 1. The Balaban J connectivity index is 2.42. The molecule has 1 aliphatic heterocycles. The minimum atomic E-state index is 0.228. The third-order valence-corrected chi connectivity index (χ3v) is 4.01. The maximum absolute atomic E-state index is 12.3. The highest BCUT2D eigenvalue weighted by Crippen LogP contribution is 2.22. The van der Waals surface area contributed by atoms with Crippen LogP contribution in [0.25, 0.3) is 0 Å². The van der Waals surface area contributed by atoms with Gasteiger partial charge in [-0.1, -0.05) is 13.8 Å². The van der Waals surface area contributed by atoms with Gasteiger partial charge in [-0.3, -0.25) is 4.79 Å². The minimum Gasteiger partial charge on any atom is -0.396 e. The molecule has 0 spiro atoms. The van der Waals surface area contributed by atoms with Crippen LogP contribution in [0.5, 0.6) is 0 Å². The van der Waals surface area contributed by atoms with Crippen LogP contribution in [0.15, 0.2) is 0 Å². The van der Waals surface area contributed by atoms with Gasteiger partial charge in [0.15, 0.2) is 0 Å². The predicted octanol–water partition coefficient (Wildman–Crippen LogP) is 1.62. The number of hydrogen-bond acceptors (Lipinski definition) is 3. The van der Waals surface area contributed by atoms with Crippen LogP contribution in [0.1, 0.15) is 46.0 Å². The molecule has 0 radical (unpaired) electrons. The van der Waals surface area contributed by atoms with Gasteiger partial charge in [0.1, 0.15) is 0 Å². The number of aliphatic hydroxyl groups excluding tert-OH is 1. The van der Waals surface area contributed by atoms with Crippen molar-refractivity contribution in [1.29, 1.82) is 0 Å².